The van der Waals surface area contributed by atoms with Gasteiger partial charge in [0.2, 0.25) is 0 Å². The number of nitrogens with zero attached hydrogens (tertiary/aromatic N) is 3. The van der Waals surface area contributed by atoms with E-state index >= 15 is 0 Å². The van der Waals surface area contributed by atoms with Crippen LogP contribution in [-0.4, -0.2) is 27.9 Å². The molecule has 3 aromatic rings. The molecular formula is C20H22N4. The summed E-state index contributed by atoms with van der Waals surface area (Å²) >= 11 is 0. The summed E-state index contributed by atoms with van der Waals surface area (Å²) in [7, 11) is 0. The van der Waals surface area contributed by atoms with Crippen LogP contribution in [0.5, 0.6) is 0 Å². The van der Waals surface area contributed by atoms with Gasteiger partial charge in [0.05, 0.1) is 6.54 Å². The zero-order chi connectivity index (χ0) is 16.2. The molecule has 1 saturated heterocycles. The summed E-state index contributed by atoms with van der Waals surface area (Å²) < 4.78 is 1.84. The van der Waals surface area contributed by atoms with Crippen LogP contribution in [0.25, 0.3) is 11.1 Å². The highest BCUT2D eigenvalue weighted by molar-refractivity contribution is 5.68. The van der Waals surface area contributed by atoms with Gasteiger partial charge in [-0.2, -0.15) is 5.10 Å². The van der Waals surface area contributed by atoms with Gasteiger partial charge in [0.15, 0.2) is 0 Å². The molecule has 0 radical (unpaired) electrons. The molecule has 2 aromatic carbocycles. The van der Waals surface area contributed by atoms with Gasteiger partial charge in [0.1, 0.15) is 12.7 Å². The summed E-state index contributed by atoms with van der Waals surface area (Å²) in [5, 5.41) is 7.70. The fraction of sp³-hybridized carbons (Fsp3) is 0.300. The van der Waals surface area contributed by atoms with Crippen LogP contribution in [0, 0.1) is 0 Å². The summed E-state index contributed by atoms with van der Waals surface area (Å²) in [4.78, 5) is 3.99. The third-order valence-electron chi connectivity index (χ3n) is 4.77. The average Bonchev–Trinajstić information content (AvgIpc) is 3.16. The molecule has 122 valence electrons. The van der Waals surface area contributed by atoms with Crippen molar-refractivity contribution >= 4 is 0 Å². The van der Waals surface area contributed by atoms with Crippen molar-refractivity contribution in [3.63, 3.8) is 0 Å². The number of aromatic nitrogens is 3. The first-order valence-electron chi connectivity index (χ1n) is 8.61. The van der Waals surface area contributed by atoms with Gasteiger partial charge in [-0.25, -0.2) is 9.67 Å². The maximum atomic E-state index is 4.17. The minimum atomic E-state index is 0.616. The lowest BCUT2D eigenvalue weighted by Gasteiger charge is -2.25. The zero-order valence-corrected chi connectivity index (χ0v) is 13.7. The minimum Gasteiger partial charge on any atom is -0.316 e. The monoisotopic (exact) mass is 318 g/mol. The number of benzene rings is 2. The average molecular weight is 318 g/mol. The smallest absolute Gasteiger partial charge is 0.137 e. The quantitative estimate of drug-likeness (QED) is 0.801. The van der Waals surface area contributed by atoms with Crippen LogP contribution in [0.1, 0.15) is 29.9 Å². The molecule has 1 unspecified atom stereocenters. The maximum Gasteiger partial charge on any atom is 0.137 e. The highest BCUT2D eigenvalue weighted by Crippen LogP contribution is 2.32. The Morgan fingerprint density at radius 3 is 2.71 bits per heavy atom. The molecule has 4 nitrogen and oxygen atoms in total. The van der Waals surface area contributed by atoms with Gasteiger partial charge < -0.3 is 5.32 Å². The molecule has 2 heterocycles. The molecule has 4 rings (SSSR count). The number of hydrogen-bond acceptors (Lipinski definition) is 3. The van der Waals surface area contributed by atoms with Gasteiger partial charge in [0.25, 0.3) is 0 Å². The highest BCUT2D eigenvalue weighted by Gasteiger charge is 2.18. The second-order valence-electron chi connectivity index (χ2n) is 6.42. The van der Waals surface area contributed by atoms with Crippen LogP contribution in [0.4, 0.5) is 0 Å². The van der Waals surface area contributed by atoms with Crippen molar-refractivity contribution in [2.75, 3.05) is 13.1 Å². The molecule has 1 aliphatic rings. The van der Waals surface area contributed by atoms with E-state index in [1.807, 2.05) is 4.68 Å². The number of nitrogens with one attached hydrogen (secondary N) is 1. The molecule has 24 heavy (non-hydrogen) atoms. The fourth-order valence-corrected chi connectivity index (χ4v) is 3.52. The third kappa shape index (κ3) is 3.24. The Hall–Kier alpha value is -2.46. The van der Waals surface area contributed by atoms with Crippen molar-refractivity contribution in [1.29, 1.82) is 0 Å². The lowest BCUT2D eigenvalue weighted by molar-refractivity contribution is 0.462. The van der Waals surface area contributed by atoms with E-state index in [-0.39, 0.29) is 0 Å². The number of piperidine rings is 1. The number of hydrogen-bond donors (Lipinski definition) is 1. The molecule has 0 amide bonds. The maximum absolute atomic E-state index is 4.17. The van der Waals surface area contributed by atoms with Crippen LogP contribution in [0.3, 0.4) is 0 Å². The van der Waals surface area contributed by atoms with Crippen molar-refractivity contribution in [1.82, 2.24) is 20.1 Å². The standard InChI is InChI=1S/C20H22N4/c1-2-6-20(18-4-3-11-21-12-18)19(5-1)17-9-7-16(8-10-17)13-24-15-22-14-23-24/h1-2,5-10,14-15,18,21H,3-4,11-13H2. The van der Waals surface area contributed by atoms with E-state index in [0.717, 1.165) is 19.6 Å². The normalized spacial score (nSPS) is 17.8. The Kier molecular flexibility index (Phi) is 4.38. The summed E-state index contributed by atoms with van der Waals surface area (Å²) in [5.74, 6) is 0.616. The van der Waals surface area contributed by atoms with E-state index in [4.69, 9.17) is 0 Å². The third-order valence-corrected chi connectivity index (χ3v) is 4.77. The van der Waals surface area contributed by atoms with E-state index < -0.39 is 0 Å². The van der Waals surface area contributed by atoms with Gasteiger partial charge in [-0.1, -0.05) is 48.5 Å². The second kappa shape index (κ2) is 6.97. The zero-order valence-electron chi connectivity index (χ0n) is 13.7. The minimum absolute atomic E-state index is 0.616. The summed E-state index contributed by atoms with van der Waals surface area (Å²) in [6, 6.07) is 17.7. The van der Waals surface area contributed by atoms with Crippen LogP contribution < -0.4 is 5.32 Å². The summed E-state index contributed by atoms with van der Waals surface area (Å²) in [6.45, 7) is 2.99. The van der Waals surface area contributed by atoms with Crippen molar-refractivity contribution in [2.24, 2.45) is 0 Å². The van der Waals surface area contributed by atoms with E-state index in [1.165, 1.54) is 35.1 Å². The molecule has 1 atom stereocenters. The largest absolute Gasteiger partial charge is 0.316 e. The van der Waals surface area contributed by atoms with Crippen LogP contribution in [0.2, 0.25) is 0 Å². The lowest BCUT2D eigenvalue weighted by atomic mass is 9.86. The fourth-order valence-electron chi connectivity index (χ4n) is 3.52. The van der Waals surface area contributed by atoms with Crippen molar-refractivity contribution in [3.05, 3.63) is 72.3 Å². The van der Waals surface area contributed by atoms with Crippen LogP contribution in [0.15, 0.2) is 61.2 Å². The summed E-state index contributed by atoms with van der Waals surface area (Å²) in [5.41, 5.74) is 5.35. The highest BCUT2D eigenvalue weighted by atomic mass is 15.3. The summed E-state index contributed by atoms with van der Waals surface area (Å²) in [6.07, 6.45) is 5.85. The Morgan fingerprint density at radius 2 is 1.96 bits per heavy atom. The SMILES string of the molecule is c1ccc(C2CCCNC2)c(-c2ccc(Cn3cncn3)cc2)c1. The molecule has 1 fully saturated rings. The predicted molar refractivity (Wildman–Crippen MR) is 95.8 cm³/mol. The second-order valence-corrected chi connectivity index (χ2v) is 6.42. The Morgan fingerprint density at radius 1 is 1.08 bits per heavy atom. The Balaban J connectivity index is 1.59. The molecule has 1 aliphatic heterocycles. The molecule has 0 saturated carbocycles. The first kappa shape index (κ1) is 15.1. The van der Waals surface area contributed by atoms with Gasteiger partial charge in [-0.3, -0.25) is 0 Å². The van der Waals surface area contributed by atoms with E-state index in [0.29, 0.717) is 5.92 Å². The van der Waals surface area contributed by atoms with Gasteiger partial charge in [0, 0.05) is 6.54 Å². The molecule has 0 spiro atoms. The first-order valence-corrected chi connectivity index (χ1v) is 8.61. The molecular weight excluding hydrogens is 296 g/mol. The Labute approximate surface area is 142 Å². The van der Waals surface area contributed by atoms with Crippen molar-refractivity contribution in [2.45, 2.75) is 25.3 Å². The van der Waals surface area contributed by atoms with Crippen molar-refractivity contribution < 1.29 is 0 Å². The Bertz CT molecular complexity index is 772. The topological polar surface area (TPSA) is 42.7 Å². The number of rotatable bonds is 4. The van der Waals surface area contributed by atoms with E-state index in [9.17, 15) is 0 Å². The van der Waals surface area contributed by atoms with Gasteiger partial charge in [-0.05, 0) is 47.6 Å². The van der Waals surface area contributed by atoms with E-state index in [2.05, 4.69) is 63.9 Å². The molecule has 1 N–H and O–H groups in total. The van der Waals surface area contributed by atoms with Crippen LogP contribution in [-0.2, 0) is 6.54 Å². The molecule has 0 aliphatic carbocycles. The lowest BCUT2D eigenvalue weighted by Crippen LogP contribution is -2.28. The molecule has 4 heteroatoms. The van der Waals surface area contributed by atoms with Crippen molar-refractivity contribution in [3.8, 4) is 11.1 Å². The first-order chi connectivity index (χ1) is 11.9. The molecule has 0 bridgehead atoms. The van der Waals surface area contributed by atoms with E-state index in [1.54, 1.807) is 12.7 Å². The van der Waals surface area contributed by atoms with Gasteiger partial charge >= 0.3 is 0 Å². The van der Waals surface area contributed by atoms with Gasteiger partial charge in [-0.15, -0.1) is 0 Å². The molecule has 1 aromatic heterocycles. The predicted octanol–water partition coefficient (Wildman–Crippen LogP) is 3.46. The van der Waals surface area contributed by atoms with Crippen LogP contribution >= 0.6 is 0 Å².